The lowest BCUT2D eigenvalue weighted by Gasteiger charge is -1.97. The maximum atomic E-state index is 4.17. The smallest absolute Gasteiger partial charge is 0.136 e. The van der Waals surface area contributed by atoms with Gasteiger partial charge in [-0.2, -0.15) is 5.10 Å². The van der Waals surface area contributed by atoms with Crippen LogP contribution in [0.2, 0.25) is 0 Å². The maximum absolute atomic E-state index is 4.17. The van der Waals surface area contributed by atoms with E-state index in [0.29, 0.717) is 0 Å². The van der Waals surface area contributed by atoms with Crippen LogP contribution in [0.5, 0.6) is 0 Å². The van der Waals surface area contributed by atoms with E-state index in [1.807, 2.05) is 22.8 Å². The standard InChI is InChI=1S/C8H9N3/c1-2-7-8-4-3-5-11(8)10-6-9-7/h3-6H,2H2,1H3. The van der Waals surface area contributed by atoms with E-state index in [1.54, 1.807) is 6.33 Å². The van der Waals surface area contributed by atoms with E-state index in [2.05, 4.69) is 17.0 Å². The Bertz CT molecular complexity index is 364. The summed E-state index contributed by atoms with van der Waals surface area (Å²) in [4.78, 5) is 4.17. The van der Waals surface area contributed by atoms with Crippen molar-refractivity contribution < 1.29 is 0 Å². The molecule has 0 fully saturated rings. The van der Waals surface area contributed by atoms with Crippen LogP contribution in [0.3, 0.4) is 0 Å². The van der Waals surface area contributed by atoms with Crippen molar-refractivity contribution in [2.45, 2.75) is 13.3 Å². The van der Waals surface area contributed by atoms with E-state index in [9.17, 15) is 0 Å². The number of rotatable bonds is 1. The second kappa shape index (κ2) is 2.34. The van der Waals surface area contributed by atoms with E-state index >= 15 is 0 Å². The van der Waals surface area contributed by atoms with Gasteiger partial charge in [0.15, 0.2) is 0 Å². The highest BCUT2D eigenvalue weighted by atomic mass is 15.2. The molecule has 2 aromatic heterocycles. The minimum Gasteiger partial charge on any atom is -0.238 e. The summed E-state index contributed by atoms with van der Waals surface area (Å²) in [6, 6.07) is 4.00. The fraction of sp³-hybridized carbons (Fsp3) is 0.250. The minimum atomic E-state index is 0.954. The number of hydrogen-bond donors (Lipinski definition) is 0. The van der Waals surface area contributed by atoms with Crippen molar-refractivity contribution in [3.8, 4) is 0 Å². The van der Waals surface area contributed by atoms with E-state index in [4.69, 9.17) is 0 Å². The van der Waals surface area contributed by atoms with E-state index in [-0.39, 0.29) is 0 Å². The first-order chi connectivity index (χ1) is 5.42. The zero-order valence-electron chi connectivity index (χ0n) is 6.36. The molecule has 0 bridgehead atoms. The Kier molecular flexibility index (Phi) is 1.35. The molecule has 0 spiro atoms. The van der Waals surface area contributed by atoms with Crippen LogP contribution >= 0.6 is 0 Å². The quantitative estimate of drug-likeness (QED) is 0.608. The molecule has 0 aliphatic heterocycles. The van der Waals surface area contributed by atoms with Gasteiger partial charge < -0.3 is 0 Å². The van der Waals surface area contributed by atoms with E-state index < -0.39 is 0 Å². The van der Waals surface area contributed by atoms with Gasteiger partial charge in [0.25, 0.3) is 0 Å². The molecular formula is C8H9N3. The van der Waals surface area contributed by atoms with Crippen molar-refractivity contribution in [2.75, 3.05) is 0 Å². The zero-order chi connectivity index (χ0) is 7.68. The average molecular weight is 147 g/mol. The predicted octanol–water partition coefficient (Wildman–Crippen LogP) is 1.29. The van der Waals surface area contributed by atoms with Gasteiger partial charge in [0, 0.05) is 6.20 Å². The largest absolute Gasteiger partial charge is 0.238 e. The molecular weight excluding hydrogens is 138 g/mol. The van der Waals surface area contributed by atoms with Crippen molar-refractivity contribution in [3.05, 3.63) is 30.4 Å². The predicted molar refractivity (Wildman–Crippen MR) is 42.4 cm³/mol. The van der Waals surface area contributed by atoms with Crippen LogP contribution < -0.4 is 0 Å². The van der Waals surface area contributed by atoms with Crippen molar-refractivity contribution >= 4 is 5.52 Å². The lowest BCUT2D eigenvalue weighted by Crippen LogP contribution is -1.96. The molecule has 0 aliphatic carbocycles. The molecule has 3 nitrogen and oxygen atoms in total. The van der Waals surface area contributed by atoms with Gasteiger partial charge >= 0.3 is 0 Å². The molecule has 0 amide bonds. The Morgan fingerprint density at radius 2 is 2.45 bits per heavy atom. The second-order valence-corrected chi connectivity index (χ2v) is 2.40. The van der Waals surface area contributed by atoms with Gasteiger partial charge in [0.05, 0.1) is 11.2 Å². The van der Waals surface area contributed by atoms with Crippen LogP contribution in [0.15, 0.2) is 24.7 Å². The highest BCUT2D eigenvalue weighted by Gasteiger charge is 1.98. The highest BCUT2D eigenvalue weighted by molar-refractivity contribution is 5.50. The van der Waals surface area contributed by atoms with Crippen LogP contribution in [0.25, 0.3) is 5.52 Å². The number of aromatic nitrogens is 3. The maximum Gasteiger partial charge on any atom is 0.136 e. The Hall–Kier alpha value is -1.38. The first-order valence-corrected chi connectivity index (χ1v) is 3.69. The van der Waals surface area contributed by atoms with Gasteiger partial charge in [0.1, 0.15) is 6.33 Å². The van der Waals surface area contributed by atoms with E-state index in [1.165, 1.54) is 0 Å². The molecule has 2 aromatic rings. The molecule has 0 saturated carbocycles. The number of aryl methyl sites for hydroxylation is 1. The molecule has 11 heavy (non-hydrogen) atoms. The summed E-state index contributed by atoms with van der Waals surface area (Å²) in [5, 5.41) is 4.06. The van der Waals surface area contributed by atoms with Crippen molar-refractivity contribution in [2.24, 2.45) is 0 Å². The number of nitrogens with zero attached hydrogens (tertiary/aromatic N) is 3. The van der Waals surface area contributed by atoms with Gasteiger partial charge in [-0.25, -0.2) is 9.50 Å². The molecule has 0 unspecified atom stereocenters. The summed E-state index contributed by atoms with van der Waals surface area (Å²) >= 11 is 0. The Morgan fingerprint density at radius 3 is 3.27 bits per heavy atom. The van der Waals surface area contributed by atoms with Crippen LogP contribution in [0, 0.1) is 0 Å². The molecule has 3 heteroatoms. The summed E-state index contributed by atoms with van der Waals surface area (Å²) in [5.41, 5.74) is 2.21. The molecule has 56 valence electrons. The number of hydrogen-bond acceptors (Lipinski definition) is 2. The lowest BCUT2D eigenvalue weighted by atomic mass is 10.3. The fourth-order valence-corrected chi connectivity index (χ4v) is 1.19. The second-order valence-electron chi connectivity index (χ2n) is 2.40. The Balaban J connectivity index is 2.79. The Morgan fingerprint density at radius 1 is 1.55 bits per heavy atom. The third kappa shape index (κ3) is 0.888. The minimum absolute atomic E-state index is 0.954. The molecule has 0 atom stereocenters. The summed E-state index contributed by atoms with van der Waals surface area (Å²) < 4.78 is 1.84. The number of fused-ring (bicyclic) bond motifs is 1. The fourth-order valence-electron chi connectivity index (χ4n) is 1.19. The van der Waals surface area contributed by atoms with Crippen molar-refractivity contribution in [1.29, 1.82) is 0 Å². The molecule has 2 heterocycles. The summed E-state index contributed by atoms with van der Waals surface area (Å²) in [6.07, 6.45) is 4.47. The van der Waals surface area contributed by atoms with Gasteiger partial charge in [-0.3, -0.25) is 0 Å². The molecule has 0 aliphatic rings. The first kappa shape index (κ1) is 6.34. The summed E-state index contributed by atoms with van der Waals surface area (Å²) in [6.45, 7) is 2.09. The van der Waals surface area contributed by atoms with Gasteiger partial charge in [0.2, 0.25) is 0 Å². The summed E-state index contributed by atoms with van der Waals surface area (Å²) in [7, 11) is 0. The topological polar surface area (TPSA) is 30.2 Å². The molecule has 0 N–H and O–H groups in total. The van der Waals surface area contributed by atoms with Gasteiger partial charge in [-0.1, -0.05) is 6.92 Å². The summed E-state index contributed by atoms with van der Waals surface area (Å²) in [5.74, 6) is 0. The molecule has 0 aromatic carbocycles. The normalized spacial score (nSPS) is 10.6. The average Bonchev–Trinajstić information content (AvgIpc) is 2.50. The van der Waals surface area contributed by atoms with Crippen molar-refractivity contribution in [3.63, 3.8) is 0 Å². The van der Waals surface area contributed by atoms with E-state index in [0.717, 1.165) is 17.6 Å². The van der Waals surface area contributed by atoms with Gasteiger partial charge in [-0.15, -0.1) is 0 Å². The lowest BCUT2D eigenvalue weighted by molar-refractivity contribution is 0.867. The first-order valence-electron chi connectivity index (χ1n) is 3.69. The van der Waals surface area contributed by atoms with Crippen LogP contribution in [0.1, 0.15) is 12.6 Å². The van der Waals surface area contributed by atoms with Crippen LogP contribution in [-0.4, -0.2) is 14.6 Å². The molecule has 0 radical (unpaired) electrons. The van der Waals surface area contributed by atoms with Crippen molar-refractivity contribution in [1.82, 2.24) is 14.6 Å². The molecule has 0 saturated heterocycles. The highest BCUT2D eigenvalue weighted by Crippen LogP contribution is 2.06. The van der Waals surface area contributed by atoms with Crippen LogP contribution in [0.4, 0.5) is 0 Å². The zero-order valence-corrected chi connectivity index (χ0v) is 6.36. The Labute approximate surface area is 64.7 Å². The molecule has 2 rings (SSSR count). The SMILES string of the molecule is CCc1ncnn2cccc12. The third-order valence-electron chi connectivity index (χ3n) is 1.75. The van der Waals surface area contributed by atoms with Crippen LogP contribution in [-0.2, 0) is 6.42 Å². The monoisotopic (exact) mass is 147 g/mol. The van der Waals surface area contributed by atoms with Gasteiger partial charge in [-0.05, 0) is 18.6 Å². The third-order valence-corrected chi connectivity index (χ3v) is 1.75.